The normalized spacial score (nSPS) is 14.1. The van der Waals surface area contributed by atoms with E-state index in [-0.39, 0.29) is 19.4 Å². The van der Waals surface area contributed by atoms with Crippen LogP contribution in [0.2, 0.25) is 0 Å². The molecular formula is C48H86NO10P. The minimum atomic E-state index is -4.73. The Morgan fingerprint density at radius 1 is 0.533 bits per heavy atom. The van der Waals surface area contributed by atoms with E-state index in [2.05, 4.69) is 67.0 Å². The molecule has 0 aromatic carbocycles. The molecule has 0 aromatic rings. The van der Waals surface area contributed by atoms with Crippen LogP contribution in [0.3, 0.4) is 0 Å². The van der Waals surface area contributed by atoms with Crippen molar-refractivity contribution in [3.63, 3.8) is 0 Å². The van der Waals surface area contributed by atoms with Gasteiger partial charge in [0.1, 0.15) is 12.6 Å². The number of rotatable bonds is 44. The second-order valence-corrected chi connectivity index (χ2v) is 17.3. The lowest BCUT2D eigenvalue weighted by Gasteiger charge is -2.20. The second kappa shape index (κ2) is 43.1. The summed E-state index contributed by atoms with van der Waals surface area (Å²) >= 11 is 0. The van der Waals surface area contributed by atoms with Crippen molar-refractivity contribution in [1.82, 2.24) is 0 Å². The van der Waals surface area contributed by atoms with Crippen molar-refractivity contribution >= 4 is 25.7 Å². The SMILES string of the molecule is CC/C=C\C/C=C\C/C=C\C/C=C\CCCCCCC(=O)O[C@H](COC(=O)CCCCCCCCCCCCCCCCCCCCC)COP(=O)(O)OC[C@H](N)C(=O)O. The number of carbonyl (C=O) groups is 3. The van der Waals surface area contributed by atoms with E-state index in [4.69, 9.17) is 24.8 Å². The molecule has 0 aliphatic rings. The van der Waals surface area contributed by atoms with Crippen molar-refractivity contribution < 1.29 is 47.5 Å². The maximum atomic E-state index is 12.6. The molecule has 0 aromatic heterocycles. The highest BCUT2D eigenvalue weighted by Gasteiger charge is 2.28. The number of carboxylic acid groups (broad SMARTS) is 1. The Morgan fingerprint density at radius 2 is 0.933 bits per heavy atom. The first-order valence-corrected chi connectivity index (χ1v) is 25.2. The van der Waals surface area contributed by atoms with Gasteiger partial charge in [0.25, 0.3) is 0 Å². The molecule has 0 radical (unpaired) electrons. The number of phosphoric ester groups is 1. The van der Waals surface area contributed by atoms with Gasteiger partial charge in [-0.1, -0.05) is 191 Å². The number of allylic oxidation sites excluding steroid dienone is 8. The number of hydrogen-bond acceptors (Lipinski definition) is 9. The van der Waals surface area contributed by atoms with E-state index in [9.17, 15) is 23.8 Å². The van der Waals surface area contributed by atoms with Crippen LogP contribution >= 0.6 is 7.82 Å². The molecular weight excluding hydrogens is 781 g/mol. The fourth-order valence-corrected chi connectivity index (χ4v) is 7.19. The molecule has 348 valence electrons. The zero-order valence-electron chi connectivity index (χ0n) is 37.8. The van der Waals surface area contributed by atoms with E-state index >= 15 is 0 Å². The van der Waals surface area contributed by atoms with Crippen LogP contribution in [-0.4, -0.2) is 59.9 Å². The Kier molecular flexibility index (Phi) is 41.3. The van der Waals surface area contributed by atoms with Gasteiger partial charge < -0.3 is 25.2 Å². The molecule has 0 spiro atoms. The molecule has 1 unspecified atom stereocenters. The van der Waals surface area contributed by atoms with Gasteiger partial charge in [0, 0.05) is 12.8 Å². The Morgan fingerprint density at radius 3 is 1.40 bits per heavy atom. The van der Waals surface area contributed by atoms with Gasteiger partial charge in [-0.05, 0) is 51.4 Å². The number of carbonyl (C=O) groups excluding carboxylic acids is 2. The number of ether oxygens (including phenoxy) is 2. The molecule has 0 aliphatic carbocycles. The first kappa shape index (κ1) is 57.4. The third kappa shape index (κ3) is 42.1. The van der Waals surface area contributed by atoms with Gasteiger partial charge in [-0.3, -0.25) is 23.4 Å². The van der Waals surface area contributed by atoms with Crippen molar-refractivity contribution in [2.75, 3.05) is 19.8 Å². The molecule has 11 nitrogen and oxygen atoms in total. The maximum Gasteiger partial charge on any atom is 0.472 e. The molecule has 4 N–H and O–H groups in total. The second-order valence-electron chi connectivity index (χ2n) is 15.9. The number of phosphoric acid groups is 1. The third-order valence-electron chi connectivity index (χ3n) is 10.1. The van der Waals surface area contributed by atoms with Gasteiger partial charge in [-0.25, -0.2) is 4.57 Å². The summed E-state index contributed by atoms with van der Waals surface area (Å²) in [6.07, 6.45) is 48.9. The average Bonchev–Trinajstić information content (AvgIpc) is 3.22. The van der Waals surface area contributed by atoms with E-state index in [1.54, 1.807) is 0 Å². The van der Waals surface area contributed by atoms with Crippen LogP contribution in [0, 0.1) is 0 Å². The highest BCUT2D eigenvalue weighted by Crippen LogP contribution is 2.43. The highest BCUT2D eigenvalue weighted by molar-refractivity contribution is 7.47. The summed E-state index contributed by atoms with van der Waals surface area (Å²) in [4.78, 5) is 46.1. The summed E-state index contributed by atoms with van der Waals surface area (Å²) in [6, 6.07) is -1.53. The van der Waals surface area contributed by atoms with E-state index < -0.39 is 51.1 Å². The number of aliphatic carboxylic acids is 1. The number of hydrogen-bond donors (Lipinski definition) is 3. The molecule has 0 amide bonds. The van der Waals surface area contributed by atoms with Crippen molar-refractivity contribution in [2.45, 2.75) is 219 Å². The van der Waals surface area contributed by atoms with Gasteiger partial charge in [-0.2, -0.15) is 0 Å². The molecule has 0 fully saturated rings. The number of esters is 2. The summed E-state index contributed by atoms with van der Waals surface area (Å²) in [5.41, 5.74) is 5.34. The van der Waals surface area contributed by atoms with Crippen LogP contribution in [0.4, 0.5) is 0 Å². The number of carboxylic acids is 1. The van der Waals surface area contributed by atoms with Crippen LogP contribution in [0.15, 0.2) is 48.6 Å². The van der Waals surface area contributed by atoms with E-state index in [0.717, 1.165) is 70.6 Å². The predicted octanol–water partition coefficient (Wildman–Crippen LogP) is 13.0. The van der Waals surface area contributed by atoms with Crippen LogP contribution in [-0.2, 0) is 37.5 Å². The predicted molar refractivity (Wildman–Crippen MR) is 245 cm³/mol. The van der Waals surface area contributed by atoms with E-state index in [0.29, 0.717) is 12.8 Å². The van der Waals surface area contributed by atoms with Crippen LogP contribution < -0.4 is 5.73 Å². The Balaban J connectivity index is 4.32. The standard InChI is InChI=1S/C48H86NO10P/c1-3-5-7-9-11-13-15-17-19-21-22-24-25-27-29-31-33-35-37-39-46(50)56-41-44(42-57-60(54,55)58-43-45(49)48(52)53)59-47(51)40-38-36-34-32-30-28-26-23-20-18-16-14-12-10-8-6-4-2/h6,8,12,14,18,20,26,28,44-45H,3-5,7,9-11,13,15-17,19,21-25,27,29-43,49H2,1-2H3,(H,52,53)(H,54,55)/b8-6-,14-12-,20-18-,28-26-/t44-,45+/m1/s1. The Labute approximate surface area is 365 Å². The van der Waals surface area contributed by atoms with Gasteiger partial charge in [0.15, 0.2) is 6.10 Å². The van der Waals surface area contributed by atoms with Crippen LogP contribution in [0.1, 0.15) is 206 Å². The maximum absolute atomic E-state index is 12.6. The fraction of sp³-hybridized carbons (Fsp3) is 0.771. The van der Waals surface area contributed by atoms with Gasteiger partial charge >= 0.3 is 25.7 Å². The van der Waals surface area contributed by atoms with Crippen molar-refractivity contribution in [3.8, 4) is 0 Å². The summed E-state index contributed by atoms with van der Waals surface area (Å²) < 4.78 is 32.8. The average molecular weight is 868 g/mol. The van der Waals surface area contributed by atoms with Crippen LogP contribution in [0.5, 0.6) is 0 Å². The van der Waals surface area contributed by atoms with Gasteiger partial charge in [-0.15, -0.1) is 0 Å². The summed E-state index contributed by atoms with van der Waals surface area (Å²) in [5, 5.41) is 8.90. The summed E-state index contributed by atoms with van der Waals surface area (Å²) in [6.45, 7) is 2.69. The zero-order valence-corrected chi connectivity index (χ0v) is 38.7. The van der Waals surface area contributed by atoms with Crippen molar-refractivity contribution in [3.05, 3.63) is 48.6 Å². The largest absolute Gasteiger partial charge is 0.480 e. The van der Waals surface area contributed by atoms with E-state index in [1.807, 2.05) is 0 Å². The Bertz CT molecular complexity index is 1200. The molecule has 3 atom stereocenters. The molecule has 0 rings (SSSR count). The molecule has 60 heavy (non-hydrogen) atoms. The first-order chi connectivity index (χ1) is 29.1. The molecule has 0 saturated carbocycles. The Hall–Kier alpha value is -2.56. The summed E-state index contributed by atoms with van der Waals surface area (Å²) in [7, 11) is -4.73. The highest BCUT2D eigenvalue weighted by atomic mass is 31.2. The molecule has 0 heterocycles. The monoisotopic (exact) mass is 868 g/mol. The van der Waals surface area contributed by atoms with Crippen LogP contribution in [0.25, 0.3) is 0 Å². The minimum absolute atomic E-state index is 0.133. The zero-order chi connectivity index (χ0) is 44.2. The van der Waals surface area contributed by atoms with E-state index in [1.165, 1.54) is 96.3 Å². The first-order valence-electron chi connectivity index (χ1n) is 23.7. The van der Waals surface area contributed by atoms with Crippen molar-refractivity contribution in [2.24, 2.45) is 5.73 Å². The van der Waals surface area contributed by atoms with Crippen molar-refractivity contribution in [1.29, 1.82) is 0 Å². The number of unbranched alkanes of at least 4 members (excludes halogenated alkanes) is 22. The smallest absolute Gasteiger partial charge is 0.472 e. The van der Waals surface area contributed by atoms with Gasteiger partial charge in [0.05, 0.1) is 13.2 Å². The quantitative estimate of drug-likeness (QED) is 0.0230. The molecule has 12 heteroatoms. The molecule has 0 aliphatic heterocycles. The fourth-order valence-electron chi connectivity index (χ4n) is 6.41. The number of nitrogens with two attached hydrogens (primary N) is 1. The lowest BCUT2D eigenvalue weighted by atomic mass is 10.0. The molecule has 0 bridgehead atoms. The third-order valence-corrected chi connectivity index (χ3v) is 11.0. The topological polar surface area (TPSA) is 172 Å². The summed E-state index contributed by atoms with van der Waals surface area (Å²) in [5.74, 6) is -2.40. The van der Waals surface area contributed by atoms with Gasteiger partial charge in [0.2, 0.25) is 0 Å². The lowest BCUT2D eigenvalue weighted by molar-refractivity contribution is -0.161. The lowest BCUT2D eigenvalue weighted by Crippen LogP contribution is -2.34. The minimum Gasteiger partial charge on any atom is -0.480 e. The molecule has 0 saturated heterocycles.